The minimum Gasteiger partial charge on any atom is -0.342 e. The van der Waals surface area contributed by atoms with Gasteiger partial charge in [-0.2, -0.15) is 0 Å². The van der Waals surface area contributed by atoms with Crippen LogP contribution in [0.1, 0.15) is 74.4 Å². The maximum atomic E-state index is 14.0. The van der Waals surface area contributed by atoms with Gasteiger partial charge in [0.1, 0.15) is 5.82 Å². The molecule has 1 atom stereocenters. The average molecular weight is 430 g/mol. The van der Waals surface area contributed by atoms with Gasteiger partial charge in [0.2, 0.25) is 5.91 Å². The van der Waals surface area contributed by atoms with Gasteiger partial charge in [0.25, 0.3) is 0 Å². The Morgan fingerprint density at radius 1 is 1.06 bits per heavy atom. The number of piperidine rings is 1. The first kappa shape index (κ1) is 20.4. The minimum absolute atomic E-state index is 0.0440. The standard InChI is InChI=1S/C28H35N3O/c1-18-5-3-6-23(9-18)25-16-29-19(2)30-26(25)24-7-4-8-31(17-24)27(32)28-13-20-10-21(14-28)12-22(11-20)15-28/h3,5-6,9,16,20-22,24H,4,7-8,10-15,17H2,1-2H3/t20?,21?,22?,24-,28?/m0/s1. The fraction of sp³-hybridized carbons (Fsp3) is 0.607. The number of nitrogens with zero attached hydrogens (tertiary/aromatic N) is 3. The van der Waals surface area contributed by atoms with Gasteiger partial charge >= 0.3 is 0 Å². The van der Waals surface area contributed by atoms with E-state index in [0.717, 1.165) is 80.0 Å². The van der Waals surface area contributed by atoms with Crippen molar-refractivity contribution in [3.63, 3.8) is 0 Å². The molecule has 1 amide bonds. The van der Waals surface area contributed by atoms with E-state index in [1.165, 1.54) is 30.4 Å². The average Bonchev–Trinajstić information content (AvgIpc) is 2.78. The summed E-state index contributed by atoms with van der Waals surface area (Å²) in [6.07, 6.45) is 11.8. The maximum Gasteiger partial charge on any atom is 0.228 e. The highest BCUT2D eigenvalue weighted by atomic mass is 16.2. The highest BCUT2D eigenvalue weighted by Gasteiger charge is 2.55. The van der Waals surface area contributed by atoms with E-state index in [1.807, 2.05) is 13.1 Å². The van der Waals surface area contributed by atoms with Crippen molar-refractivity contribution in [2.75, 3.05) is 13.1 Å². The third-order valence-corrected chi connectivity index (χ3v) is 8.85. The molecule has 0 spiro atoms. The van der Waals surface area contributed by atoms with Gasteiger partial charge in [0.15, 0.2) is 0 Å². The molecule has 7 rings (SSSR count). The normalized spacial score (nSPS) is 33.5. The lowest BCUT2D eigenvalue weighted by Gasteiger charge is -2.57. The van der Waals surface area contributed by atoms with E-state index in [4.69, 9.17) is 4.98 Å². The van der Waals surface area contributed by atoms with E-state index < -0.39 is 0 Å². The van der Waals surface area contributed by atoms with Crippen molar-refractivity contribution >= 4 is 5.91 Å². The molecule has 32 heavy (non-hydrogen) atoms. The Morgan fingerprint density at radius 3 is 2.47 bits per heavy atom. The predicted octanol–water partition coefficient (Wildman–Crippen LogP) is 5.68. The molecular formula is C28H35N3O. The fourth-order valence-electron chi connectivity index (χ4n) is 7.93. The number of hydrogen-bond acceptors (Lipinski definition) is 3. The van der Waals surface area contributed by atoms with Crippen molar-refractivity contribution < 1.29 is 4.79 Å². The summed E-state index contributed by atoms with van der Waals surface area (Å²) in [5.74, 6) is 4.01. The molecule has 1 saturated heterocycles. The van der Waals surface area contributed by atoms with Crippen LogP contribution in [0.2, 0.25) is 0 Å². The van der Waals surface area contributed by atoms with Crippen molar-refractivity contribution in [1.29, 1.82) is 0 Å². The number of aromatic nitrogens is 2. The Balaban J connectivity index is 1.28. The highest BCUT2D eigenvalue weighted by Crippen LogP contribution is 2.60. The smallest absolute Gasteiger partial charge is 0.228 e. The molecule has 1 aromatic carbocycles. The van der Waals surface area contributed by atoms with Crippen molar-refractivity contribution in [2.45, 2.75) is 71.1 Å². The topological polar surface area (TPSA) is 46.1 Å². The second-order valence-electron chi connectivity index (χ2n) is 11.4. The van der Waals surface area contributed by atoms with Crippen molar-refractivity contribution in [2.24, 2.45) is 23.2 Å². The summed E-state index contributed by atoms with van der Waals surface area (Å²) in [5.41, 5.74) is 4.65. The molecule has 1 aromatic heterocycles. The van der Waals surface area contributed by atoms with Gasteiger partial charge in [-0.1, -0.05) is 29.8 Å². The van der Waals surface area contributed by atoms with E-state index in [0.29, 0.717) is 11.8 Å². The van der Waals surface area contributed by atoms with Crippen LogP contribution in [0.4, 0.5) is 0 Å². The third-order valence-electron chi connectivity index (χ3n) is 8.85. The van der Waals surface area contributed by atoms with Crippen LogP contribution in [-0.4, -0.2) is 33.9 Å². The van der Waals surface area contributed by atoms with Crippen LogP contribution >= 0.6 is 0 Å². The number of benzene rings is 1. The highest BCUT2D eigenvalue weighted by molar-refractivity contribution is 5.83. The number of carbonyl (C=O) groups is 1. The number of likely N-dealkylation sites (tertiary alicyclic amines) is 1. The Bertz CT molecular complexity index is 1010. The lowest BCUT2D eigenvalue weighted by Crippen LogP contribution is -2.56. The Labute approximate surface area is 191 Å². The first-order valence-electron chi connectivity index (χ1n) is 12.7. The SMILES string of the molecule is Cc1cccc(-c2cnc(C)nc2[C@H]2CCCN(C(=O)C34CC5CC(CC(C5)C3)C4)C2)c1. The largest absolute Gasteiger partial charge is 0.342 e. The Kier molecular flexibility index (Phi) is 4.89. The molecule has 4 aliphatic carbocycles. The molecule has 4 nitrogen and oxygen atoms in total. The number of rotatable bonds is 3. The Morgan fingerprint density at radius 2 is 1.78 bits per heavy atom. The van der Waals surface area contributed by atoms with Crippen LogP contribution < -0.4 is 0 Å². The van der Waals surface area contributed by atoms with Crippen molar-refractivity contribution in [1.82, 2.24) is 14.9 Å². The van der Waals surface area contributed by atoms with Crippen LogP contribution in [0.3, 0.4) is 0 Å². The summed E-state index contributed by atoms with van der Waals surface area (Å²) in [6, 6.07) is 8.62. The van der Waals surface area contributed by atoms with Gasteiger partial charge in [0, 0.05) is 30.8 Å². The van der Waals surface area contributed by atoms with E-state index in [1.54, 1.807) is 0 Å². The van der Waals surface area contributed by atoms with Crippen LogP contribution in [0.15, 0.2) is 30.5 Å². The van der Waals surface area contributed by atoms with Crippen LogP contribution in [0.25, 0.3) is 11.1 Å². The molecule has 0 radical (unpaired) electrons. The zero-order chi connectivity index (χ0) is 21.9. The van der Waals surface area contributed by atoms with Gasteiger partial charge in [-0.3, -0.25) is 4.79 Å². The molecule has 1 aliphatic heterocycles. The summed E-state index contributed by atoms with van der Waals surface area (Å²) in [7, 11) is 0. The summed E-state index contributed by atoms with van der Waals surface area (Å²) >= 11 is 0. The molecule has 0 unspecified atom stereocenters. The summed E-state index contributed by atoms with van der Waals surface area (Å²) in [5, 5.41) is 0. The van der Waals surface area contributed by atoms with Gasteiger partial charge in [-0.05, 0) is 88.5 Å². The number of carbonyl (C=O) groups excluding carboxylic acids is 1. The predicted molar refractivity (Wildman–Crippen MR) is 126 cm³/mol. The molecule has 2 heterocycles. The number of hydrogen-bond donors (Lipinski definition) is 0. The Hall–Kier alpha value is -2.23. The second-order valence-corrected chi connectivity index (χ2v) is 11.4. The zero-order valence-corrected chi connectivity index (χ0v) is 19.5. The van der Waals surface area contributed by atoms with Gasteiger partial charge in [-0.25, -0.2) is 9.97 Å². The first-order valence-corrected chi connectivity index (χ1v) is 12.7. The van der Waals surface area contributed by atoms with E-state index in [9.17, 15) is 4.79 Å². The first-order chi connectivity index (χ1) is 15.5. The molecule has 5 fully saturated rings. The molecule has 4 saturated carbocycles. The molecule has 4 heteroatoms. The van der Waals surface area contributed by atoms with Crippen molar-refractivity contribution in [3.8, 4) is 11.1 Å². The van der Waals surface area contributed by atoms with E-state index >= 15 is 0 Å². The molecule has 4 bridgehead atoms. The van der Waals surface area contributed by atoms with Crippen molar-refractivity contribution in [3.05, 3.63) is 47.5 Å². The second kappa shape index (κ2) is 7.67. The van der Waals surface area contributed by atoms with Crippen LogP contribution in [0, 0.1) is 37.0 Å². The maximum absolute atomic E-state index is 14.0. The van der Waals surface area contributed by atoms with Gasteiger partial charge in [-0.15, -0.1) is 0 Å². The summed E-state index contributed by atoms with van der Waals surface area (Å²) in [4.78, 5) is 25.7. The minimum atomic E-state index is -0.0440. The van der Waals surface area contributed by atoms with Crippen LogP contribution in [-0.2, 0) is 4.79 Å². The third kappa shape index (κ3) is 3.47. The monoisotopic (exact) mass is 429 g/mol. The number of aryl methyl sites for hydroxylation is 2. The lowest BCUT2D eigenvalue weighted by molar-refractivity contribution is -0.158. The van der Waals surface area contributed by atoms with E-state index in [-0.39, 0.29) is 5.41 Å². The molecule has 2 aromatic rings. The quantitative estimate of drug-likeness (QED) is 0.630. The summed E-state index contributed by atoms with van der Waals surface area (Å²) < 4.78 is 0. The summed E-state index contributed by atoms with van der Waals surface area (Å²) in [6.45, 7) is 5.84. The molecule has 0 N–H and O–H groups in total. The fourth-order valence-corrected chi connectivity index (χ4v) is 7.93. The molecule has 5 aliphatic rings. The zero-order valence-electron chi connectivity index (χ0n) is 19.5. The van der Waals surface area contributed by atoms with Gasteiger partial charge < -0.3 is 4.90 Å². The molecular weight excluding hydrogens is 394 g/mol. The van der Waals surface area contributed by atoms with E-state index in [2.05, 4.69) is 41.1 Å². The van der Waals surface area contributed by atoms with Crippen LogP contribution in [0.5, 0.6) is 0 Å². The van der Waals surface area contributed by atoms with Gasteiger partial charge in [0.05, 0.1) is 11.1 Å². The molecule has 168 valence electrons. The lowest BCUT2D eigenvalue weighted by atomic mass is 9.49. The number of amides is 1.